The minimum atomic E-state index is -0.343. The highest BCUT2D eigenvalue weighted by Gasteiger charge is 2.29. The number of H-pyrrole nitrogens is 1. The zero-order chi connectivity index (χ0) is 16.4. The summed E-state index contributed by atoms with van der Waals surface area (Å²) < 4.78 is 5.16. The molecule has 2 aromatic heterocycles. The molecule has 7 heteroatoms. The first kappa shape index (κ1) is 15.5. The number of amides is 1. The van der Waals surface area contributed by atoms with E-state index in [2.05, 4.69) is 15.1 Å². The summed E-state index contributed by atoms with van der Waals surface area (Å²) in [7, 11) is 0. The zero-order valence-electron chi connectivity index (χ0n) is 13.3. The summed E-state index contributed by atoms with van der Waals surface area (Å²) in [5.41, 5.74) is 0.575. The van der Waals surface area contributed by atoms with Gasteiger partial charge in [0.25, 0.3) is 11.5 Å². The molecule has 1 atom stereocenters. The molecule has 23 heavy (non-hydrogen) atoms. The second-order valence-electron chi connectivity index (χ2n) is 5.87. The Hall–Kier alpha value is -2.44. The van der Waals surface area contributed by atoms with Gasteiger partial charge in [-0.1, -0.05) is 12.1 Å². The van der Waals surface area contributed by atoms with Crippen LogP contribution >= 0.6 is 0 Å². The van der Waals surface area contributed by atoms with Gasteiger partial charge in [0, 0.05) is 31.1 Å². The standard InChI is InChI=1S/C16H20N4O3/c1-3-13-18-14(19-23-13)11-5-4-8-20(9-11)16(22)12-7-6-10(2)17-15(12)21/h6-7,11H,3-5,8-9H2,1-2H3,(H,17,21)/t11-/m0/s1. The topological polar surface area (TPSA) is 92.1 Å². The number of carbonyl (C=O) groups is 1. The number of hydrogen-bond acceptors (Lipinski definition) is 5. The van der Waals surface area contributed by atoms with Crippen molar-refractivity contribution in [1.82, 2.24) is 20.0 Å². The molecule has 3 heterocycles. The van der Waals surface area contributed by atoms with Crippen LogP contribution in [-0.2, 0) is 6.42 Å². The number of aromatic nitrogens is 3. The van der Waals surface area contributed by atoms with Crippen molar-refractivity contribution in [1.29, 1.82) is 0 Å². The Balaban J connectivity index is 1.77. The first-order chi connectivity index (χ1) is 11.1. The van der Waals surface area contributed by atoms with Crippen LogP contribution in [0.25, 0.3) is 0 Å². The third-order valence-electron chi connectivity index (χ3n) is 4.15. The fourth-order valence-electron chi connectivity index (χ4n) is 2.86. The molecule has 1 saturated heterocycles. The van der Waals surface area contributed by atoms with Crippen LogP contribution in [0.1, 0.15) is 53.5 Å². The highest BCUT2D eigenvalue weighted by atomic mass is 16.5. The number of nitrogens with one attached hydrogen (secondary N) is 1. The van der Waals surface area contributed by atoms with Gasteiger partial charge < -0.3 is 14.4 Å². The second-order valence-corrected chi connectivity index (χ2v) is 5.87. The summed E-state index contributed by atoms with van der Waals surface area (Å²) >= 11 is 0. The number of carbonyl (C=O) groups excluding carboxylic acids is 1. The molecule has 0 radical (unpaired) electrons. The van der Waals surface area contributed by atoms with Crippen molar-refractivity contribution < 1.29 is 9.32 Å². The fraction of sp³-hybridized carbons (Fsp3) is 0.500. The summed E-state index contributed by atoms with van der Waals surface area (Å²) in [6.45, 7) is 4.89. The maximum absolute atomic E-state index is 12.6. The predicted molar refractivity (Wildman–Crippen MR) is 83.4 cm³/mol. The van der Waals surface area contributed by atoms with Gasteiger partial charge >= 0.3 is 0 Å². The van der Waals surface area contributed by atoms with Crippen LogP contribution in [0.4, 0.5) is 0 Å². The lowest BCUT2D eigenvalue weighted by Crippen LogP contribution is -2.41. The molecule has 1 amide bonds. The summed E-state index contributed by atoms with van der Waals surface area (Å²) in [5, 5.41) is 4.01. The predicted octanol–water partition coefficient (Wildman–Crippen LogP) is 1.65. The van der Waals surface area contributed by atoms with E-state index in [9.17, 15) is 9.59 Å². The Kier molecular flexibility index (Phi) is 4.27. The van der Waals surface area contributed by atoms with E-state index in [4.69, 9.17) is 4.52 Å². The zero-order valence-corrected chi connectivity index (χ0v) is 13.3. The number of rotatable bonds is 3. The second kappa shape index (κ2) is 6.36. The Labute approximate surface area is 133 Å². The number of pyridine rings is 1. The normalized spacial score (nSPS) is 18.2. The number of aromatic amines is 1. The highest BCUT2D eigenvalue weighted by Crippen LogP contribution is 2.25. The van der Waals surface area contributed by atoms with E-state index >= 15 is 0 Å². The van der Waals surface area contributed by atoms with Crippen molar-refractivity contribution in [3.63, 3.8) is 0 Å². The molecular formula is C16H20N4O3. The van der Waals surface area contributed by atoms with Crippen molar-refractivity contribution in [2.24, 2.45) is 0 Å². The van der Waals surface area contributed by atoms with E-state index in [0.717, 1.165) is 18.5 Å². The highest BCUT2D eigenvalue weighted by molar-refractivity contribution is 5.93. The first-order valence-electron chi connectivity index (χ1n) is 7.90. The number of likely N-dealkylation sites (tertiary alicyclic amines) is 1. The number of nitrogens with zero attached hydrogens (tertiary/aromatic N) is 3. The molecule has 7 nitrogen and oxygen atoms in total. The fourth-order valence-corrected chi connectivity index (χ4v) is 2.86. The molecule has 0 spiro atoms. The molecule has 1 fully saturated rings. The molecule has 0 unspecified atom stereocenters. The lowest BCUT2D eigenvalue weighted by atomic mass is 9.97. The van der Waals surface area contributed by atoms with Gasteiger partial charge in [-0.3, -0.25) is 9.59 Å². The van der Waals surface area contributed by atoms with E-state index in [1.165, 1.54) is 0 Å². The Bertz CT molecular complexity index is 765. The van der Waals surface area contributed by atoms with Crippen LogP contribution < -0.4 is 5.56 Å². The molecular weight excluding hydrogens is 296 g/mol. The third-order valence-corrected chi connectivity index (χ3v) is 4.15. The molecule has 0 aliphatic carbocycles. The van der Waals surface area contributed by atoms with E-state index in [1.807, 2.05) is 6.92 Å². The monoisotopic (exact) mass is 316 g/mol. The molecule has 2 aromatic rings. The number of aryl methyl sites for hydroxylation is 2. The van der Waals surface area contributed by atoms with E-state index in [1.54, 1.807) is 24.0 Å². The van der Waals surface area contributed by atoms with Gasteiger partial charge in [-0.2, -0.15) is 4.98 Å². The molecule has 122 valence electrons. The Morgan fingerprint density at radius 1 is 1.48 bits per heavy atom. The van der Waals surface area contributed by atoms with Crippen LogP contribution in [0.2, 0.25) is 0 Å². The van der Waals surface area contributed by atoms with Crippen molar-refractivity contribution in [3.8, 4) is 0 Å². The molecule has 1 aliphatic rings. The smallest absolute Gasteiger partial charge is 0.260 e. The van der Waals surface area contributed by atoms with Gasteiger partial charge in [0.15, 0.2) is 5.82 Å². The molecule has 0 bridgehead atoms. The molecule has 3 rings (SSSR count). The van der Waals surface area contributed by atoms with Gasteiger partial charge in [-0.25, -0.2) is 0 Å². The van der Waals surface area contributed by atoms with E-state index in [-0.39, 0.29) is 22.9 Å². The van der Waals surface area contributed by atoms with Crippen molar-refractivity contribution in [2.75, 3.05) is 13.1 Å². The maximum atomic E-state index is 12.6. The summed E-state index contributed by atoms with van der Waals surface area (Å²) in [6, 6.07) is 3.33. The third kappa shape index (κ3) is 3.18. The van der Waals surface area contributed by atoms with Gasteiger partial charge in [0.05, 0.1) is 0 Å². The summed E-state index contributed by atoms with van der Waals surface area (Å²) in [4.78, 5) is 33.3. The van der Waals surface area contributed by atoms with Gasteiger partial charge in [-0.15, -0.1) is 0 Å². The molecule has 0 aromatic carbocycles. The van der Waals surface area contributed by atoms with Gasteiger partial charge in [0.2, 0.25) is 5.89 Å². The van der Waals surface area contributed by atoms with Crippen LogP contribution in [0.5, 0.6) is 0 Å². The SMILES string of the molecule is CCc1nc([C@H]2CCCN(C(=O)c3ccc(C)[nH]c3=O)C2)no1. The minimum Gasteiger partial charge on any atom is -0.339 e. The van der Waals surface area contributed by atoms with Gasteiger partial charge in [0.1, 0.15) is 5.56 Å². The Morgan fingerprint density at radius 3 is 3.00 bits per heavy atom. The van der Waals surface area contributed by atoms with Crippen molar-refractivity contribution in [3.05, 3.63) is 45.5 Å². The van der Waals surface area contributed by atoms with Crippen molar-refractivity contribution >= 4 is 5.91 Å². The first-order valence-corrected chi connectivity index (χ1v) is 7.90. The lowest BCUT2D eigenvalue weighted by molar-refractivity contribution is 0.0701. The minimum absolute atomic E-state index is 0.0567. The van der Waals surface area contributed by atoms with E-state index < -0.39 is 0 Å². The maximum Gasteiger partial charge on any atom is 0.260 e. The van der Waals surface area contributed by atoms with Crippen LogP contribution in [-0.4, -0.2) is 39.0 Å². The summed E-state index contributed by atoms with van der Waals surface area (Å²) in [6.07, 6.45) is 2.47. The molecule has 0 saturated carbocycles. The average molecular weight is 316 g/mol. The largest absolute Gasteiger partial charge is 0.339 e. The number of hydrogen-bond donors (Lipinski definition) is 1. The van der Waals surface area contributed by atoms with Crippen LogP contribution in [0, 0.1) is 6.92 Å². The van der Waals surface area contributed by atoms with Gasteiger partial charge in [-0.05, 0) is 31.9 Å². The van der Waals surface area contributed by atoms with Crippen LogP contribution in [0.15, 0.2) is 21.5 Å². The molecule has 1 aliphatic heterocycles. The average Bonchev–Trinajstić information content (AvgIpc) is 3.03. The molecule has 1 N–H and O–H groups in total. The Morgan fingerprint density at radius 2 is 2.30 bits per heavy atom. The number of piperidine rings is 1. The van der Waals surface area contributed by atoms with Crippen LogP contribution in [0.3, 0.4) is 0 Å². The van der Waals surface area contributed by atoms with E-state index in [0.29, 0.717) is 31.2 Å². The quantitative estimate of drug-likeness (QED) is 0.929. The summed E-state index contributed by atoms with van der Waals surface area (Å²) in [5.74, 6) is 1.08. The lowest BCUT2D eigenvalue weighted by Gasteiger charge is -2.31. The van der Waals surface area contributed by atoms with Crippen molar-refractivity contribution in [2.45, 2.75) is 39.0 Å².